The summed E-state index contributed by atoms with van der Waals surface area (Å²) in [4.78, 5) is 37.2. The summed E-state index contributed by atoms with van der Waals surface area (Å²) < 4.78 is 89.9. The fraction of sp³-hybridized carbons (Fsp3) is 0.519. The van der Waals surface area contributed by atoms with Gasteiger partial charge >= 0.3 is 24.3 Å². The normalized spacial score (nSPS) is 22.9. The number of alkyl halides is 6. The molecular weight excluding hydrogens is 686 g/mol. The second-order valence-corrected chi connectivity index (χ2v) is 13.6. The van der Waals surface area contributed by atoms with Gasteiger partial charge in [0.15, 0.2) is 0 Å². The summed E-state index contributed by atoms with van der Waals surface area (Å²) in [7, 11) is -3.19. The number of fused-ring (bicyclic) bond motifs is 4. The van der Waals surface area contributed by atoms with Gasteiger partial charge in [-0.15, -0.1) is 0 Å². The van der Waals surface area contributed by atoms with E-state index in [0.29, 0.717) is 11.7 Å². The maximum atomic E-state index is 12.3. The summed E-state index contributed by atoms with van der Waals surface area (Å²) >= 11 is 6.35. The maximum absolute atomic E-state index is 12.3. The first kappa shape index (κ1) is 36.1. The molecule has 47 heavy (non-hydrogen) atoms. The molecule has 0 spiro atoms. The molecule has 3 aromatic rings. The van der Waals surface area contributed by atoms with Crippen molar-refractivity contribution in [3.8, 4) is 0 Å². The van der Waals surface area contributed by atoms with E-state index < -0.39 is 34.3 Å². The largest absolute Gasteiger partial charge is 0.490 e. The number of aromatic amines is 1. The third-order valence-electron chi connectivity index (χ3n) is 8.12. The lowest BCUT2D eigenvalue weighted by molar-refractivity contribution is -0.193. The van der Waals surface area contributed by atoms with Crippen molar-refractivity contribution < 1.29 is 54.6 Å². The fourth-order valence-electron chi connectivity index (χ4n) is 6.33. The second kappa shape index (κ2) is 13.4. The van der Waals surface area contributed by atoms with E-state index in [2.05, 4.69) is 26.8 Å². The van der Waals surface area contributed by atoms with Crippen molar-refractivity contribution in [1.29, 1.82) is 0 Å². The number of carboxylic acid groups (broad SMARTS) is 2. The van der Waals surface area contributed by atoms with E-state index in [0.717, 1.165) is 60.2 Å². The van der Waals surface area contributed by atoms with Gasteiger partial charge in [0, 0.05) is 54.2 Å². The predicted octanol–water partition coefficient (Wildman–Crippen LogP) is 4.89. The first-order valence-electron chi connectivity index (χ1n) is 14.0. The van der Waals surface area contributed by atoms with E-state index in [1.54, 1.807) is 10.6 Å². The molecule has 0 amide bonds. The average Bonchev–Trinajstić information content (AvgIpc) is 3.53. The smallest absolute Gasteiger partial charge is 0.475 e. The Morgan fingerprint density at radius 3 is 2.09 bits per heavy atom. The fourth-order valence-corrected chi connectivity index (χ4v) is 7.98. The minimum absolute atomic E-state index is 0.0754. The van der Waals surface area contributed by atoms with Crippen LogP contribution in [0.3, 0.4) is 0 Å². The second-order valence-electron chi connectivity index (χ2n) is 11.3. The molecule has 3 aliphatic heterocycles. The SMILES string of the molecule is C[C@@H]1Cc2ncnc([C@H]3C[C@H]4CC[C@@H](C3)N4S(C)(=O)=O)c2CN1c1cc(Cl)nc2[nH]ccc12.O=C(O)C(F)(F)F.O=C(O)C(F)(F)F. The number of rotatable bonds is 3. The van der Waals surface area contributed by atoms with Crippen LogP contribution in [0.2, 0.25) is 5.15 Å². The topological polar surface area (TPSA) is 170 Å². The molecule has 0 unspecified atom stereocenters. The Hall–Kier alpha value is -3.71. The van der Waals surface area contributed by atoms with E-state index in [9.17, 15) is 34.8 Å². The molecule has 2 fully saturated rings. The maximum Gasteiger partial charge on any atom is 0.490 e. The number of halogens is 7. The zero-order valence-corrected chi connectivity index (χ0v) is 26.3. The summed E-state index contributed by atoms with van der Waals surface area (Å²) in [6, 6.07) is 4.38. The van der Waals surface area contributed by atoms with Crippen LogP contribution in [0.4, 0.5) is 32.0 Å². The zero-order chi connectivity index (χ0) is 35.1. The number of carbonyl (C=O) groups is 2. The van der Waals surface area contributed by atoms with Crippen LogP contribution in [0.5, 0.6) is 0 Å². The number of hydrogen-bond acceptors (Lipinski definition) is 8. The molecule has 258 valence electrons. The lowest BCUT2D eigenvalue weighted by Gasteiger charge is -2.40. The third-order valence-corrected chi connectivity index (χ3v) is 9.68. The number of pyridine rings is 1. The van der Waals surface area contributed by atoms with Gasteiger partial charge in [0.2, 0.25) is 10.0 Å². The van der Waals surface area contributed by atoms with Crippen LogP contribution in [0, 0.1) is 0 Å². The van der Waals surface area contributed by atoms with Crippen molar-refractivity contribution in [2.45, 2.75) is 82.0 Å². The molecule has 2 bridgehead atoms. The Balaban J connectivity index is 0.000000301. The van der Waals surface area contributed by atoms with Gasteiger partial charge in [0.25, 0.3) is 0 Å². The van der Waals surface area contributed by atoms with E-state index in [1.807, 2.05) is 18.3 Å². The number of hydrogen-bond donors (Lipinski definition) is 3. The predicted molar refractivity (Wildman–Crippen MR) is 155 cm³/mol. The quantitative estimate of drug-likeness (QED) is 0.251. The van der Waals surface area contributed by atoms with Crippen LogP contribution in [0.1, 0.15) is 55.5 Å². The zero-order valence-electron chi connectivity index (χ0n) is 24.7. The lowest BCUT2D eigenvalue weighted by Crippen LogP contribution is -2.46. The Kier molecular flexibility index (Phi) is 10.3. The molecule has 0 aromatic carbocycles. The minimum Gasteiger partial charge on any atom is -0.475 e. The number of aromatic nitrogens is 4. The van der Waals surface area contributed by atoms with Gasteiger partial charge in [-0.2, -0.15) is 30.6 Å². The Bertz CT molecular complexity index is 1720. The van der Waals surface area contributed by atoms with Gasteiger partial charge in [-0.1, -0.05) is 11.6 Å². The summed E-state index contributed by atoms with van der Waals surface area (Å²) in [6.07, 6.45) is -0.901. The van der Waals surface area contributed by atoms with Crippen LogP contribution in [-0.4, -0.2) is 91.5 Å². The molecule has 3 aliphatic rings. The molecule has 3 N–H and O–H groups in total. The Morgan fingerprint density at radius 2 is 1.57 bits per heavy atom. The van der Waals surface area contributed by atoms with Crippen molar-refractivity contribution in [2.75, 3.05) is 11.2 Å². The van der Waals surface area contributed by atoms with Crippen molar-refractivity contribution >= 4 is 50.3 Å². The van der Waals surface area contributed by atoms with Gasteiger partial charge < -0.3 is 20.1 Å². The van der Waals surface area contributed by atoms with Crippen molar-refractivity contribution in [2.24, 2.45) is 0 Å². The Labute approximate surface area is 268 Å². The van der Waals surface area contributed by atoms with Gasteiger partial charge in [-0.05, 0) is 44.7 Å². The monoisotopic (exact) mass is 714 g/mol. The van der Waals surface area contributed by atoms with Crippen LogP contribution in [0.15, 0.2) is 24.7 Å². The molecular formula is C27H29ClF6N6O6S. The first-order chi connectivity index (χ1) is 21.7. The first-order valence-corrected chi connectivity index (χ1v) is 16.2. The van der Waals surface area contributed by atoms with E-state index in [4.69, 9.17) is 36.4 Å². The van der Waals surface area contributed by atoms with Crippen molar-refractivity contribution in [3.05, 3.63) is 46.8 Å². The molecule has 0 aliphatic carbocycles. The summed E-state index contributed by atoms with van der Waals surface area (Å²) in [5.74, 6) is -5.26. The minimum atomic E-state index is -5.08. The molecule has 6 rings (SSSR count). The number of sulfonamides is 1. The number of H-pyrrole nitrogens is 1. The number of carboxylic acids is 2. The van der Waals surface area contributed by atoms with E-state index >= 15 is 0 Å². The van der Waals surface area contributed by atoms with Gasteiger partial charge in [0.05, 0.1) is 23.3 Å². The van der Waals surface area contributed by atoms with E-state index in [1.165, 1.54) is 11.8 Å². The van der Waals surface area contributed by atoms with Crippen LogP contribution in [-0.2, 0) is 32.6 Å². The average molecular weight is 715 g/mol. The standard InChI is InChI=1S/C23H27ClN6O2S.2C2HF3O2/c1-13-7-19-18(11-29(13)20-10-21(24)28-23-17(20)5-6-25-23)22(27-12-26-19)14-8-15-3-4-16(9-14)30(15)33(2,31)32;2*3-2(4,5)1(6)7/h5-6,10,12-16H,3-4,7-9,11H2,1-2H3,(H,25,28);2*(H,6,7)/t13-,14-,15+,16-;;/m1../s1. The highest BCUT2D eigenvalue weighted by molar-refractivity contribution is 7.88. The number of anilines is 1. The summed E-state index contributed by atoms with van der Waals surface area (Å²) in [5.41, 5.74) is 5.22. The molecule has 2 saturated heterocycles. The number of nitrogens with one attached hydrogen (secondary N) is 1. The van der Waals surface area contributed by atoms with Crippen LogP contribution in [0.25, 0.3) is 11.0 Å². The number of nitrogens with zero attached hydrogens (tertiary/aromatic N) is 5. The van der Waals surface area contributed by atoms with Gasteiger partial charge in [-0.25, -0.2) is 33.0 Å². The molecule has 12 nitrogen and oxygen atoms in total. The summed E-state index contributed by atoms with van der Waals surface area (Å²) in [6.45, 7) is 2.91. The molecule has 0 saturated carbocycles. The molecule has 6 heterocycles. The van der Waals surface area contributed by atoms with E-state index in [-0.39, 0.29) is 24.0 Å². The van der Waals surface area contributed by atoms with Gasteiger partial charge in [0.1, 0.15) is 17.1 Å². The molecule has 4 atom stereocenters. The molecule has 3 aromatic heterocycles. The molecule has 0 radical (unpaired) electrons. The Morgan fingerprint density at radius 1 is 1.02 bits per heavy atom. The van der Waals surface area contributed by atoms with Crippen molar-refractivity contribution in [1.82, 2.24) is 24.2 Å². The van der Waals surface area contributed by atoms with Crippen LogP contribution < -0.4 is 4.90 Å². The highest BCUT2D eigenvalue weighted by atomic mass is 35.5. The van der Waals surface area contributed by atoms with Crippen LogP contribution >= 0.6 is 11.6 Å². The van der Waals surface area contributed by atoms with Gasteiger partial charge in [-0.3, -0.25) is 0 Å². The highest BCUT2D eigenvalue weighted by Crippen LogP contribution is 2.45. The number of piperidine rings is 1. The molecule has 20 heteroatoms. The highest BCUT2D eigenvalue weighted by Gasteiger charge is 2.46. The number of aliphatic carboxylic acids is 2. The third kappa shape index (κ3) is 8.24. The summed E-state index contributed by atoms with van der Waals surface area (Å²) in [5, 5.41) is 15.8. The lowest BCUT2D eigenvalue weighted by atomic mass is 9.85. The van der Waals surface area contributed by atoms with Crippen molar-refractivity contribution in [3.63, 3.8) is 0 Å².